The van der Waals surface area contributed by atoms with Gasteiger partial charge in [0.1, 0.15) is 0 Å². The van der Waals surface area contributed by atoms with E-state index >= 15 is 0 Å². The Balaban J connectivity index is 0. The summed E-state index contributed by atoms with van der Waals surface area (Å²) in [5.41, 5.74) is 5.47. The summed E-state index contributed by atoms with van der Waals surface area (Å²) in [5.74, 6) is -2.76. The molecule has 4 N–H and O–H groups in total. The molecular formula is C10H20F3N3O4. The van der Waals surface area contributed by atoms with Gasteiger partial charge in [0.25, 0.3) is 0 Å². The molecule has 0 aliphatic carbocycles. The van der Waals surface area contributed by atoms with E-state index in [1.165, 1.54) is 4.90 Å². The fourth-order valence-electron chi connectivity index (χ4n) is 1.03. The molecule has 0 spiro atoms. The van der Waals surface area contributed by atoms with Crippen molar-refractivity contribution >= 4 is 12.1 Å². The van der Waals surface area contributed by atoms with E-state index in [-0.39, 0.29) is 6.04 Å². The Bertz CT molecular complexity index is 311. The van der Waals surface area contributed by atoms with E-state index in [2.05, 4.69) is 0 Å². The van der Waals surface area contributed by atoms with E-state index in [9.17, 15) is 18.0 Å². The summed E-state index contributed by atoms with van der Waals surface area (Å²) in [6, 6.07) is -0.0834. The van der Waals surface area contributed by atoms with Crippen LogP contribution in [0, 0.1) is 0 Å². The van der Waals surface area contributed by atoms with Crippen LogP contribution in [-0.2, 0) is 4.79 Å². The highest BCUT2D eigenvalue weighted by Gasteiger charge is 2.38. The minimum absolute atomic E-state index is 0.0834. The van der Waals surface area contributed by atoms with Gasteiger partial charge < -0.3 is 25.7 Å². The van der Waals surface area contributed by atoms with Gasteiger partial charge in [0, 0.05) is 19.6 Å². The fourth-order valence-corrected chi connectivity index (χ4v) is 1.03. The number of carboxylic acid groups (broad SMARTS) is 2. The van der Waals surface area contributed by atoms with E-state index < -0.39 is 18.2 Å². The van der Waals surface area contributed by atoms with Crippen molar-refractivity contribution in [1.82, 2.24) is 9.80 Å². The van der Waals surface area contributed by atoms with Crippen molar-refractivity contribution in [3.8, 4) is 0 Å². The summed E-state index contributed by atoms with van der Waals surface area (Å²) in [7, 11) is 5.46. The molecule has 0 bridgehead atoms. The largest absolute Gasteiger partial charge is 0.490 e. The van der Waals surface area contributed by atoms with E-state index in [1.807, 2.05) is 19.0 Å². The van der Waals surface area contributed by atoms with Crippen LogP contribution in [-0.4, -0.2) is 78.5 Å². The topological polar surface area (TPSA) is 107 Å². The first-order valence-electron chi connectivity index (χ1n) is 5.54. The first-order valence-corrected chi connectivity index (χ1v) is 5.54. The maximum Gasteiger partial charge on any atom is 0.490 e. The van der Waals surface area contributed by atoms with Gasteiger partial charge in [-0.05, 0) is 27.1 Å². The predicted octanol–water partition coefficient (Wildman–Crippen LogP) is 0.509. The predicted molar refractivity (Wildman–Crippen MR) is 65.5 cm³/mol. The second kappa shape index (κ2) is 9.37. The van der Waals surface area contributed by atoms with Gasteiger partial charge in [-0.15, -0.1) is 0 Å². The molecule has 0 aromatic carbocycles. The van der Waals surface area contributed by atoms with Gasteiger partial charge in [-0.1, -0.05) is 0 Å². The molecule has 10 heteroatoms. The zero-order valence-corrected chi connectivity index (χ0v) is 11.5. The van der Waals surface area contributed by atoms with Gasteiger partial charge in [-0.3, -0.25) is 0 Å². The molecule has 0 heterocycles. The molecule has 1 amide bonds. The molecule has 0 fully saturated rings. The molecular weight excluding hydrogens is 283 g/mol. The highest BCUT2D eigenvalue weighted by Crippen LogP contribution is 2.13. The lowest BCUT2D eigenvalue weighted by Gasteiger charge is -2.25. The molecule has 0 saturated heterocycles. The van der Waals surface area contributed by atoms with Crippen molar-refractivity contribution in [3.63, 3.8) is 0 Å². The average Bonchev–Trinajstić information content (AvgIpc) is 2.28. The Kier molecular flexibility index (Phi) is 9.73. The number of carbonyl (C=O) groups is 2. The molecule has 0 aromatic heterocycles. The Hall–Kier alpha value is -1.55. The zero-order chi connectivity index (χ0) is 16.5. The molecule has 7 nitrogen and oxygen atoms in total. The smallest absolute Gasteiger partial charge is 0.475 e. The van der Waals surface area contributed by atoms with Gasteiger partial charge in [0.15, 0.2) is 0 Å². The van der Waals surface area contributed by atoms with Gasteiger partial charge in [0.05, 0.1) is 0 Å². The van der Waals surface area contributed by atoms with Crippen molar-refractivity contribution in [2.75, 3.05) is 34.2 Å². The van der Waals surface area contributed by atoms with Crippen LogP contribution < -0.4 is 5.73 Å². The van der Waals surface area contributed by atoms with Crippen LogP contribution in [0.15, 0.2) is 0 Å². The molecule has 0 radical (unpaired) electrons. The molecule has 0 rings (SSSR count). The Morgan fingerprint density at radius 2 is 1.60 bits per heavy atom. The van der Waals surface area contributed by atoms with Crippen LogP contribution in [0.4, 0.5) is 18.0 Å². The lowest BCUT2D eigenvalue weighted by molar-refractivity contribution is -0.192. The highest BCUT2D eigenvalue weighted by molar-refractivity contribution is 5.73. The third-order valence-electron chi connectivity index (χ3n) is 2.27. The van der Waals surface area contributed by atoms with Crippen LogP contribution in [0.2, 0.25) is 0 Å². The second-order valence-corrected chi connectivity index (χ2v) is 4.18. The normalized spacial score (nSPS) is 12.4. The van der Waals surface area contributed by atoms with E-state index in [0.29, 0.717) is 6.54 Å². The zero-order valence-electron chi connectivity index (χ0n) is 11.5. The molecule has 20 heavy (non-hydrogen) atoms. The van der Waals surface area contributed by atoms with Crippen LogP contribution in [0.25, 0.3) is 0 Å². The van der Waals surface area contributed by atoms with Crippen molar-refractivity contribution in [3.05, 3.63) is 0 Å². The summed E-state index contributed by atoms with van der Waals surface area (Å²) < 4.78 is 31.7. The minimum atomic E-state index is -5.08. The molecule has 0 saturated carbocycles. The minimum Gasteiger partial charge on any atom is -0.475 e. The first kappa shape index (κ1) is 20.8. The van der Waals surface area contributed by atoms with Gasteiger partial charge in [0.2, 0.25) is 0 Å². The lowest BCUT2D eigenvalue weighted by Crippen LogP contribution is -2.42. The van der Waals surface area contributed by atoms with Crippen molar-refractivity contribution in [1.29, 1.82) is 0 Å². The Morgan fingerprint density at radius 1 is 1.20 bits per heavy atom. The second-order valence-electron chi connectivity index (χ2n) is 4.18. The monoisotopic (exact) mass is 303 g/mol. The quantitative estimate of drug-likeness (QED) is 0.683. The number of carboxylic acids is 1. The number of hydrogen-bond acceptors (Lipinski definition) is 4. The number of rotatable bonds is 5. The summed E-state index contributed by atoms with van der Waals surface area (Å²) in [6.07, 6.45) is -5.24. The van der Waals surface area contributed by atoms with E-state index in [1.54, 1.807) is 7.05 Å². The number of likely N-dealkylation sites (N-methyl/N-ethyl adjacent to an activating group) is 1. The molecule has 1 atom stereocenters. The Morgan fingerprint density at radius 3 is 1.80 bits per heavy atom. The highest BCUT2D eigenvalue weighted by atomic mass is 19.4. The lowest BCUT2D eigenvalue weighted by atomic mass is 10.2. The number of aliphatic carboxylic acids is 1. The van der Waals surface area contributed by atoms with E-state index in [0.717, 1.165) is 13.0 Å². The number of hydrogen-bond donors (Lipinski definition) is 3. The number of halogens is 3. The van der Waals surface area contributed by atoms with Crippen LogP contribution in [0.5, 0.6) is 0 Å². The fraction of sp³-hybridized carbons (Fsp3) is 0.800. The van der Waals surface area contributed by atoms with Crippen LogP contribution in [0.1, 0.15) is 6.42 Å². The van der Waals surface area contributed by atoms with Crippen LogP contribution in [0.3, 0.4) is 0 Å². The standard InChI is InChI=1S/C8H19N3O2.C2HF3O2/c1-10(2)5-4-7(6-9)11(3)8(12)13;3-2(4,5)1(6)7/h7H,4-6,9H2,1-3H3,(H,12,13);(H,6,7)/t7-;/m0./s1. The third kappa shape index (κ3) is 10.4. The van der Waals surface area contributed by atoms with E-state index in [4.69, 9.17) is 20.7 Å². The summed E-state index contributed by atoms with van der Waals surface area (Å²) in [4.78, 5) is 22.8. The van der Waals surface area contributed by atoms with Gasteiger partial charge >= 0.3 is 18.2 Å². The van der Waals surface area contributed by atoms with Gasteiger partial charge in [-0.25, -0.2) is 9.59 Å². The number of alkyl halides is 3. The first-order chi connectivity index (χ1) is 8.93. The molecule has 0 aliphatic heterocycles. The maximum atomic E-state index is 10.6. The number of nitrogens with two attached hydrogens (primary N) is 1. The summed E-state index contributed by atoms with van der Waals surface area (Å²) in [6.45, 7) is 1.22. The van der Waals surface area contributed by atoms with Crippen molar-refractivity contribution in [2.24, 2.45) is 5.73 Å². The molecule has 0 aliphatic rings. The maximum absolute atomic E-state index is 10.6. The average molecular weight is 303 g/mol. The third-order valence-corrected chi connectivity index (χ3v) is 2.27. The SMILES string of the molecule is CN(C)CC[C@@H](CN)N(C)C(=O)O.O=C(O)C(F)(F)F. The van der Waals surface area contributed by atoms with Crippen molar-refractivity contribution in [2.45, 2.75) is 18.6 Å². The molecule has 0 unspecified atom stereocenters. The van der Waals surface area contributed by atoms with Crippen molar-refractivity contribution < 1.29 is 33.0 Å². The molecule has 0 aromatic rings. The number of nitrogens with zero attached hydrogens (tertiary/aromatic N) is 2. The van der Waals surface area contributed by atoms with Crippen LogP contribution >= 0.6 is 0 Å². The summed E-state index contributed by atoms with van der Waals surface area (Å²) in [5, 5.41) is 15.8. The summed E-state index contributed by atoms with van der Waals surface area (Å²) >= 11 is 0. The molecule has 120 valence electrons. The van der Waals surface area contributed by atoms with Gasteiger partial charge in [-0.2, -0.15) is 13.2 Å². The number of amides is 1. The Labute approximate surface area is 114 Å².